The molecule has 1 amide bonds. The van der Waals surface area contributed by atoms with Crippen LogP contribution < -0.4 is 9.64 Å². The van der Waals surface area contributed by atoms with Crippen molar-refractivity contribution in [2.75, 3.05) is 31.1 Å². The first-order valence-electron chi connectivity index (χ1n) is 13.2. The largest absolute Gasteiger partial charge is 0.451 e. The van der Waals surface area contributed by atoms with Crippen LogP contribution in [-0.4, -0.2) is 62.5 Å². The summed E-state index contributed by atoms with van der Waals surface area (Å²) < 4.78 is 28.0. The SMILES string of the molecule is CC(C)n1ncc(Cl)c1-c1cc(F)ccc1Oc1cncnc1N1CC2(CCN(C(=O)OC(C)(C)C)CC2)C1. The van der Waals surface area contributed by atoms with Crippen molar-refractivity contribution in [2.24, 2.45) is 5.41 Å². The minimum absolute atomic E-state index is 0.0123. The van der Waals surface area contributed by atoms with Gasteiger partial charge in [-0.3, -0.25) is 4.68 Å². The van der Waals surface area contributed by atoms with Crippen LogP contribution >= 0.6 is 11.6 Å². The molecule has 1 spiro atoms. The van der Waals surface area contributed by atoms with E-state index in [2.05, 4.69) is 20.0 Å². The van der Waals surface area contributed by atoms with E-state index in [-0.39, 0.29) is 17.6 Å². The fourth-order valence-corrected chi connectivity index (χ4v) is 5.45. The number of rotatable bonds is 5. The number of benzene rings is 1. The fourth-order valence-electron chi connectivity index (χ4n) is 5.22. The van der Waals surface area contributed by atoms with Crippen molar-refractivity contribution in [3.8, 4) is 22.8 Å². The molecule has 11 heteroatoms. The standard InChI is InChI=1S/C28H34ClFN6O3/c1-18(2)36-24(21(29)13-33-36)20-12-19(30)6-7-22(20)38-23-14-31-17-32-25(23)35-15-28(16-35)8-10-34(11-9-28)26(37)39-27(3,4)5/h6-7,12-14,17-18H,8-11,15-16H2,1-5H3. The average Bonchev–Trinajstić information content (AvgIpc) is 3.24. The number of hydrogen-bond donors (Lipinski definition) is 0. The van der Waals surface area contributed by atoms with E-state index in [0.717, 1.165) is 25.9 Å². The molecule has 2 aliphatic rings. The van der Waals surface area contributed by atoms with Crippen LogP contribution in [0.5, 0.6) is 11.5 Å². The van der Waals surface area contributed by atoms with Gasteiger partial charge in [0, 0.05) is 43.2 Å². The minimum Gasteiger partial charge on any atom is -0.451 e. The van der Waals surface area contributed by atoms with Crippen LogP contribution in [0.2, 0.25) is 5.02 Å². The van der Waals surface area contributed by atoms with Gasteiger partial charge in [-0.05, 0) is 65.7 Å². The number of aromatic nitrogens is 4. The first kappa shape index (κ1) is 27.2. The Bertz CT molecular complexity index is 1360. The summed E-state index contributed by atoms with van der Waals surface area (Å²) in [5.41, 5.74) is 0.682. The Morgan fingerprint density at radius 2 is 1.85 bits per heavy atom. The van der Waals surface area contributed by atoms with Gasteiger partial charge in [0.25, 0.3) is 0 Å². The molecule has 2 saturated heterocycles. The Labute approximate surface area is 232 Å². The van der Waals surface area contributed by atoms with Crippen molar-refractivity contribution >= 4 is 23.5 Å². The summed E-state index contributed by atoms with van der Waals surface area (Å²) in [5.74, 6) is 1.16. The monoisotopic (exact) mass is 556 g/mol. The van der Waals surface area contributed by atoms with Gasteiger partial charge in [0.1, 0.15) is 23.5 Å². The topological polar surface area (TPSA) is 85.6 Å². The third kappa shape index (κ3) is 5.66. The van der Waals surface area contributed by atoms with Crippen molar-refractivity contribution in [2.45, 2.75) is 59.1 Å². The van der Waals surface area contributed by atoms with E-state index in [4.69, 9.17) is 21.1 Å². The van der Waals surface area contributed by atoms with E-state index in [0.29, 0.717) is 46.7 Å². The molecule has 3 aromatic rings. The van der Waals surface area contributed by atoms with Gasteiger partial charge in [-0.15, -0.1) is 0 Å². The molecular weight excluding hydrogens is 523 g/mol. The molecule has 208 valence electrons. The van der Waals surface area contributed by atoms with E-state index in [9.17, 15) is 9.18 Å². The number of hydrogen-bond acceptors (Lipinski definition) is 7. The lowest BCUT2D eigenvalue weighted by Crippen LogP contribution is -2.61. The maximum atomic E-state index is 14.4. The van der Waals surface area contributed by atoms with Crippen molar-refractivity contribution in [1.82, 2.24) is 24.6 Å². The summed E-state index contributed by atoms with van der Waals surface area (Å²) in [6.45, 7) is 12.5. The summed E-state index contributed by atoms with van der Waals surface area (Å²) in [5, 5.41) is 4.77. The molecule has 0 N–H and O–H groups in total. The third-order valence-corrected chi connectivity index (χ3v) is 7.42. The van der Waals surface area contributed by atoms with Crippen molar-refractivity contribution in [3.05, 3.63) is 47.8 Å². The van der Waals surface area contributed by atoms with Crippen LogP contribution in [0.4, 0.5) is 15.0 Å². The Hall–Kier alpha value is -3.40. The number of piperidine rings is 1. The maximum absolute atomic E-state index is 14.4. The summed E-state index contributed by atoms with van der Waals surface area (Å²) in [6, 6.07) is 4.35. The number of ether oxygens (including phenoxy) is 2. The molecule has 0 radical (unpaired) electrons. The van der Waals surface area contributed by atoms with Gasteiger partial charge in [0.05, 0.1) is 23.1 Å². The van der Waals surface area contributed by atoms with Gasteiger partial charge < -0.3 is 19.3 Å². The molecular formula is C28H34ClFN6O3. The molecule has 2 fully saturated rings. The predicted molar refractivity (Wildman–Crippen MR) is 147 cm³/mol. The Kier molecular flexibility index (Phi) is 7.17. The lowest BCUT2D eigenvalue weighted by Gasteiger charge is -2.54. The van der Waals surface area contributed by atoms with Gasteiger partial charge in [-0.25, -0.2) is 19.2 Å². The van der Waals surface area contributed by atoms with Crippen LogP contribution in [0.25, 0.3) is 11.3 Å². The normalized spacial score (nSPS) is 16.9. The molecule has 0 atom stereocenters. The number of anilines is 1. The van der Waals surface area contributed by atoms with Gasteiger partial charge in [-0.2, -0.15) is 5.10 Å². The maximum Gasteiger partial charge on any atom is 0.410 e. The Balaban J connectivity index is 1.32. The van der Waals surface area contributed by atoms with Crippen LogP contribution in [0, 0.1) is 11.2 Å². The van der Waals surface area contributed by atoms with Crippen LogP contribution in [0.15, 0.2) is 36.9 Å². The predicted octanol–water partition coefficient (Wildman–Crippen LogP) is 6.34. The molecule has 4 heterocycles. The summed E-state index contributed by atoms with van der Waals surface area (Å²) in [7, 11) is 0. The molecule has 0 bridgehead atoms. The lowest BCUT2D eigenvalue weighted by molar-refractivity contribution is 0.00587. The summed E-state index contributed by atoms with van der Waals surface area (Å²) in [6.07, 6.45) is 6.19. The lowest BCUT2D eigenvalue weighted by atomic mass is 9.72. The zero-order valence-electron chi connectivity index (χ0n) is 22.9. The van der Waals surface area contributed by atoms with Crippen molar-refractivity contribution in [1.29, 1.82) is 0 Å². The first-order chi connectivity index (χ1) is 18.4. The molecule has 0 unspecified atom stereocenters. The molecule has 2 aromatic heterocycles. The smallest absolute Gasteiger partial charge is 0.410 e. The van der Waals surface area contributed by atoms with E-state index < -0.39 is 11.4 Å². The van der Waals surface area contributed by atoms with Gasteiger partial charge in [0.15, 0.2) is 11.6 Å². The number of carbonyl (C=O) groups excluding carboxylic acids is 1. The second kappa shape index (κ2) is 10.3. The summed E-state index contributed by atoms with van der Waals surface area (Å²) in [4.78, 5) is 25.1. The molecule has 5 rings (SSSR count). The highest BCUT2D eigenvalue weighted by Crippen LogP contribution is 2.46. The highest BCUT2D eigenvalue weighted by Gasteiger charge is 2.47. The second-order valence-corrected chi connectivity index (χ2v) is 12.1. The van der Waals surface area contributed by atoms with E-state index in [1.165, 1.54) is 18.5 Å². The molecule has 2 aliphatic heterocycles. The van der Waals surface area contributed by atoms with E-state index >= 15 is 0 Å². The number of carbonyl (C=O) groups is 1. The van der Waals surface area contributed by atoms with Crippen LogP contribution in [0.1, 0.15) is 53.5 Å². The number of likely N-dealkylation sites (tertiary alicyclic amines) is 1. The van der Waals surface area contributed by atoms with E-state index in [1.807, 2.05) is 34.6 Å². The number of amides is 1. The van der Waals surface area contributed by atoms with Gasteiger partial charge in [0.2, 0.25) is 0 Å². The zero-order chi connectivity index (χ0) is 27.9. The highest BCUT2D eigenvalue weighted by molar-refractivity contribution is 6.33. The van der Waals surface area contributed by atoms with Crippen LogP contribution in [0.3, 0.4) is 0 Å². The average molecular weight is 557 g/mol. The molecule has 0 saturated carbocycles. The molecule has 39 heavy (non-hydrogen) atoms. The quantitative estimate of drug-likeness (QED) is 0.362. The molecule has 0 aliphatic carbocycles. The zero-order valence-corrected chi connectivity index (χ0v) is 23.7. The van der Waals surface area contributed by atoms with Crippen molar-refractivity contribution < 1.29 is 18.7 Å². The van der Waals surface area contributed by atoms with E-state index in [1.54, 1.807) is 28.0 Å². The number of halogens is 2. The summed E-state index contributed by atoms with van der Waals surface area (Å²) >= 11 is 6.48. The fraction of sp³-hybridized carbons (Fsp3) is 0.500. The second-order valence-electron chi connectivity index (χ2n) is 11.7. The minimum atomic E-state index is -0.507. The third-order valence-electron chi connectivity index (χ3n) is 7.14. The Morgan fingerprint density at radius 1 is 1.13 bits per heavy atom. The molecule has 1 aromatic carbocycles. The number of nitrogens with zero attached hydrogens (tertiary/aromatic N) is 6. The highest BCUT2D eigenvalue weighted by atomic mass is 35.5. The van der Waals surface area contributed by atoms with Crippen LogP contribution in [-0.2, 0) is 4.74 Å². The van der Waals surface area contributed by atoms with Gasteiger partial charge >= 0.3 is 6.09 Å². The van der Waals surface area contributed by atoms with Crippen molar-refractivity contribution in [3.63, 3.8) is 0 Å². The Morgan fingerprint density at radius 3 is 2.51 bits per heavy atom. The first-order valence-corrected chi connectivity index (χ1v) is 13.6. The van der Waals surface area contributed by atoms with Gasteiger partial charge in [-0.1, -0.05) is 11.6 Å². The molecule has 9 nitrogen and oxygen atoms in total.